The van der Waals surface area contributed by atoms with Crippen molar-refractivity contribution in [2.75, 3.05) is 6.54 Å². The number of halogens is 1. The highest BCUT2D eigenvalue weighted by molar-refractivity contribution is 5.80. The van der Waals surface area contributed by atoms with Gasteiger partial charge in [0, 0.05) is 18.8 Å². The molecule has 1 unspecified atom stereocenters. The van der Waals surface area contributed by atoms with Crippen molar-refractivity contribution in [2.45, 2.75) is 59.0 Å². The monoisotopic (exact) mass is 294 g/mol. The predicted octanol–water partition coefficient (Wildman–Crippen LogP) is 3.24. The molecular weight excluding hydrogens is 267 g/mol. The van der Waals surface area contributed by atoms with E-state index in [4.69, 9.17) is 0 Å². The molecule has 0 bridgehead atoms. The van der Waals surface area contributed by atoms with Crippen molar-refractivity contribution >= 4 is 5.96 Å². The molecule has 0 aromatic carbocycles. The summed E-state index contributed by atoms with van der Waals surface area (Å²) in [5, 5.41) is 6.54. The molecule has 0 radical (unpaired) electrons. The predicted molar refractivity (Wildman–Crippen MR) is 85.8 cm³/mol. The van der Waals surface area contributed by atoms with E-state index in [1.807, 2.05) is 6.92 Å². The lowest BCUT2D eigenvalue weighted by Crippen LogP contribution is -2.42. The average molecular weight is 294 g/mol. The van der Waals surface area contributed by atoms with Crippen molar-refractivity contribution < 1.29 is 4.39 Å². The fraction of sp³-hybridized carbons (Fsp3) is 0.625. The number of unbranched alkanes of at least 4 members (excludes halogenated alkanes) is 2. The van der Waals surface area contributed by atoms with Gasteiger partial charge in [-0.1, -0.05) is 26.2 Å². The molecule has 118 valence electrons. The van der Waals surface area contributed by atoms with Crippen LogP contribution in [0.25, 0.3) is 0 Å². The molecular formula is C16H27FN4. The highest BCUT2D eigenvalue weighted by atomic mass is 19.1. The van der Waals surface area contributed by atoms with Gasteiger partial charge in [-0.05, 0) is 32.4 Å². The summed E-state index contributed by atoms with van der Waals surface area (Å²) in [6.07, 6.45) is 6.37. The van der Waals surface area contributed by atoms with Gasteiger partial charge >= 0.3 is 0 Å². The fourth-order valence-electron chi connectivity index (χ4n) is 2.01. The van der Waals surface area contributed by atoms with Gasteiger partial charge in [0.2, 0.25) is 0 Å². The zero-order chi connectivity index (χ0) is 15.5. The van der Waals surface area contributed by atoms with Crippen LogP contribution in [0, 0.1) is 5.82 Å². The van der Waals surface area contributed by atoms with Crippen LogP contribution in [-0.2, 0) is 6.54 Å². The van der Waals surface area contributed by atoms with Crippen LogP contribution in [0.5, 0.6) is 0 Å². The molecule has 0 aliphatic carbocycles. The minimum absolute atomic E-state index is 0.240. The van der Waals surface area contributed by atoms with Crippen LogP contribution in [0.15, 0.2) is 23.3 Å². The zero-order valence-electron chi connectivity index (χ0n) is 13.3. The summed E-state index contributed by atoms with van der Waals surface area (Å²) >= 11 is 0. The van der Waals surface area contributed by atoms with E-state index in [2.05, 4.69) is 34.5 Å². The number of rotatable bonds is 8. The third-order valence-corrected chi connectivity index (χ3v) is 3.19. The van der Waals surface area contributed by atoms with Crippen molar-refractivity contribution in [3.8, 4) is 0 Å². The lowest BCUT2D eigenvalue weighted by Gasteiger charge is -2.17. The lowest BCUT2D eigenvalue weighted by atomic mass is 10.1. The molecule has 5 heteroatoms. The molecule has 1 atom stereocenters. The van der Waals surface area contributed by atoms with Crippen LogP contribution in [0.1, 0.15) is 52.1 Å². The quantitative estimate of drug-likeness (QED) is 0.439. The maximum atomic E-state index is 13.5. The van der Waals surface area contributed by atoms with Crippen LogP contribution in [0.2, 0.25) is 0 Å². The Morgan fingerprint density at radius 1 is 1.38 bits per heavy atom. The van der Waals surface area contributed by atoms with E-state index in [-0.39, 0.29) is 12.4 Å². The van der Waals surface area contributed by atoms with Gasteiger partial charge in [0.1, 0.15) is 5.82 Å². The lowest BCUT2D eigenvalue weighted by molar-refractivity contribution is 0.546. The smallest absolute Gasteiger partial charge is 0.191 e. The Bertz CT molecular complexity index is 434. The highest BCUT2D eigenvalue weighted by Crippen LogP contribution is 2.05. The Morgan fingerprint density at radius 2 is 2.19 bits per heavy atom. The summed E-state index contributed by atoms with van der Waals surface area (Å²) in [7, 11) is 0. The van der Waals surface area contributed by atoms with Gasteiger partial charge < -0.3 is 10.6 Å². The van der Waals surface area contributed by atoms with Gasteiger partial charge in [0.05, 0.1) is 12.2 Å². The zero-order valence-corrected chi connectivity index (χ0v) is 13.3. The van der Waals surface area contributed by atoms with E-state index in [0.29, 0.717) is 17.7 Å². The number of pyridine rings is 1. The van der Waals surface area contributed by atoms with Crippen molar-refractivity contribution in [2.24, 2.45) is 4.99 Å². The standard InChI is InChI=1S/C16H27FN4/c1-4-6-7-9-13(3)21-16(18-5-2)20-12-15-14(17)10-8-11-19-15/h8,10-11,13H,4-7,9,12H2,1-3H3,(H2,18,20,21). The van der Waals surface area contributed by atoms with E-state index in [0.717, 1.165) is 13.0 Å². The van der Waals surface area contributed by atoms with Gasteiger partial charge in [-0.25, -0.2) is 9.38 Å². The Morgan fingerprint density at radius 3 is 2.86 bits per heavy atom. The number of aromatic nitrogens is 1. The van der Waals surface area contributed by atoms with Crippen LogP contribution in [0.4, 0.5) is 4.39 Å². The van der Waals surface area contributed by atoms with Gasteiger partial charge in [-0.2, -0.15) is 0 Å². The normalized spacial score (nSPS) is 13.0. The Balaban J connectivity index is 2.55. The fourth-order valence-corrected chi connectivity index (χ4v) is 2.01. The van der Waals surface area contributed by atoms with Crippen LogP contribution >= 0.6 is 0 Å². The van der Waals surface area contributed by atoms with E-state index < -0.39 is 0 Å². The minimum atomic E-state index is -0.312. The first kappa shape index (κ1) is 17.4. The summed E-state index contributed by atoms with van der Waals surface area (Å²) in [5.74, 6) is 0.402. The molecule has 21 heavy (non-hydrogen) atoms. The summed E-state index contributed by atoms with van der Waals surface area (Å²) in [4.78, 5) is 8.42. The first-order valence-corrected chi connectivity index (χ1v) is 7.81. The third kappa shape index (κ3) is 7.06. The Hall–Kier alpha value is -1.65. The Labute approximate surface area is 127 Å². The molecule has 1 rings (SSSR count). The first-order valence-electron chi connectivity index (χ1n) is 7.81. The summed E-state index contributed by atoms with van der Waals surface area (Å²) in [5.41, 5.74) is 0.369. The van der Waals surface area contributed by atoms with Crippen LogP contribution in [0.3, 0.4) is 0 Å². The number of nitrogens with one attached hydrogen (secondary N) is 2. The molecule has 0 fully saturated rings. The molecule has 0 saturated heterocycles. The number of guanidine groups is 1. The van der Waals surface area contributed by atoms with E-state index >= 15 is 0 Å². The van der Waals surface area contributed by atoms with E-state index in [1.54, 1.807) is 12.3 Å². The maximum Gasteiger partial charge on any atom is 0.191 e. The summed E-state index contributed by atoms with van der Waals surface area (Å²) in [6, 6.07) is 3.34. The summed E-state index contributed by atoms with van der Waals surface area (Å²) in [6.45, 7) is 7.37. The number of aliphatic imine (C=N–C) groups is 1. The van der Waals surface area contributed by atoms with Crippen molar-refractivity contribution in [3.63, 3.8) is 0 Å². The SMILES string of the molecule is CCCCCC(C)NC(=NCc1ncccc1F)NCC. The van der Waals surface area contributed by atoms with Gasteiger partial charge in [-0.15, -0.1) is 0 Å². The van der Waals surface area contributed by atoms with Crippen LogP contribution in [-0.4, -0.2) is 23.5 Å². The van der Waals surface area contributed by atoms with Gasteiger partial charge in [-0.3, -0.25) is 4.98 Å². The highest BCUT2D eigenvalue weighted by Gasteiger charge is 2.06. The van der Waals surface area contributed by atoms with Crippen LogP contribution < -0.4 is 10.6 Å². The van der Waals surface area contributed by atoms with Gasteiger partial charge in [0.25, 0.3) is 0 Å². The Kier molecular flexibility index (Phi) is 8.40. The second kappa shape index (κ2) is 10.1. The average Bonchev–Trinajstić information content (AvgIpc) is 2.46. The van der Waals surface area contributed by atoms with Crippen molar-refractivity contribution in [1.82, 2.24) is 15.6 Å². The number of hydrogen-bond donors (Lipinski definition) is 2. The second-order valence-electron chi connectivity index (χ2n) is 5.17. The molecule has 1 aromatic heterocycles. The second-order valence-corrected chi connectivity index (χ2v) is 5.17. The summed E-state index contributed by atoms with van der Waals surface area (Å²) < 4.78 is 13.5. The molecule has 0 aliphatic rings. The maximum absolute atomic E-state index is 13.5. The number of hydrogen-bond acceptors (Lipinski definition) is 2. The van der Waals surface area contributed by atoms with Gasteiger partial charge in [0.15, 0.2) is 5.96 Å². The van der Waals surface area contributed by atoms with Crippen molar-refractivity contribution in [3.05, 3.63) is 29.8 Å². The minimum Gasteiger partial charge on any atom is -0.357 e. The molecule has 0 aliphatic heterocycles. The molecule has 1 aromatic rings. The third-order valence-electron chi connectivity index (χ3n) is 3.19. The molecule has 0 spiro atoms. The molecule has 1 heterocycles. The largest absolute Gasteiger partial charge is 0.357 e. The topological polar surface area (TPSA) is 49.3 Å². The molecule has 2 N–H and O–H groups in total. The first-order chi connectivity index (χ1) is 10.2. The molecule has 0 amide bonds. The molecule has 4 nitrogen and oxygen atoms in total. The van der Waals surface area contributed by atoms with E-state index in [1.165, 1.54) is 25.3 Å². The van der Waals surface area contributed by atoms with Crippen molar-refractivity contribution in [1.29, 1.82) is 0 Å². The molecule has 0 saturated carbocycles. The van der Waals surface area contributed by atoms with E-state index in [9.17, 15) is 4.39 Å². The number of nitrogens with zero attached hydrogens (tertiary/aromatic N) is 2.